The molecule has 0 radical (unpaired) electrons. The molecule has 0 fully saturated rings. The number of nitrogens with one attached hydrogen (secondary N) is 1. The molecule has 0 saturated heterocycles. The van der Waals surface area contributed by atoms with Crippen LogP contribution >= 0.6 is 11.6 Å². The molecule has 1 heterocycles. The van der Waals surface area contributed by atoms with Crippen molar-refractivity contribution in [1.82, 2.24) is 4.98 Å². The molecule has 4 nitrogen and oxygen atoms in total. The van der Waals surface area contributed by atoms with Crippen LogP contribution in [-0.2, 0) is 17.8 Å². The number of benzene rings is 2. The van der Waals surface area contributed by atoms with Gasteiger partial charge in [-0.05, 0) is 60.4 Å². The van der Waals surface area contributed by atoms with E-state index in [1.165, 1.54) is 0 Å². The van der Waals surface area contributed by atoms with E-state index in [0.29, 0.717) is 10.7 Å². The van der Waals surface area contributed by atoms with Gasteiger partial charge in [0.2, 0.25) is 0 Å². The fourth-order valence-electron chi connectivity index (χ4n) is 2.43. The quantitative estimate of drug-likeness (QED) is 0.659. The van der Waals surface area contributed by atoms with Gasteiger partial charge in [0.25, 0.3) is 0 Å². The number of rotatable bonds is 5. The van der Waals surface area contributed by atoms with Gasteiger partial charge in [0.1, 0.15) is 6.61 Å². The summed E-state index contributed by atoms with van der Waals surface area (Å²) in [5.74, 6) is 0. The zero-order chi connectivity index (χ0) is 18.4. The molecule has 2 aromatic carbocycles. The van der Waals surface area contributed by atoms with Crippen LogP contribution < -0.4 is 5.32 Å². The number of pyridine rings is 1. The van der Waals surface area contributed by atoms with E-state index in [0.717, 1.165) is 28.8 Å². The Hall–Kier alpha value is -2.85. The minimum absolute atomic E-state index is 0.196. The molecule has 1 N–H and O–H groups in total. The van der Waals surface area contributed by atoms with Crippen LogP contribution in [0.2, 0.25) is 5.02 Å². The van der Waals surface area contributed by atoms with Gasteiger partial charge in [-0.25, -0.2) is 4.79 Å². The Morgan fingerprint density at radius 2 is 1.62 bits per heavy atom. The third-order valence-corrected chi connectivity index (χ3v) is 4.12. The number of carbonyl (C=O) groups is 1. The van der Waals surface area contributed by atoms with Crippen molar-refractivity contribution in [3.63, 3.8) is 0 Å². The van der Waals surface area contributed by atoms with Crippen LogP contribution in [0.25, 0.3) is 0 Å². The predicted molar refractivity (Wildman–Crippen MR) is 103 cm³/mol. The number of amides is 1. The van der Waals surface area contributed by atoms with Crippen molar-refractivity contribution in [1.29, 1.82) is 0 Å². The van der Waals surface area contributed by atoms with Gasteiger partial charge in [-0.2, -0.15) is 0 Å². The highest BCUT2D eigenvalue weighted by molar-refractivity contribution is 6.30. The molecule has 1 aromatic heterocycles. The van der Waals surface area contributed by atoms with Crippen molar-refractivity contribution >= 4 is 23.4 Å². The molecule has 26 heavy (non-hydrogen) atoms. The topological polar surface area (TPSA) is 51.2 Å². The lowest BCUT2D eigenvalue weighted by Crippen LogP contribution is -2.13. The van der Waals surface area contributed by atoms with Crippen LogP contribution in [0.15, 0.2) is 66.9 Å². The van der Waals surface area contributed by atoms with Crippen LogP contribution in [0, 0.1) is 6.92 Å². The second-order valence-electron chi connectivity index (χ2n) is 6.01. The highest BCUT2D eigenvalue weighted by Gasteiger charge is 2.04. The molecule has 0 bridgehead atoms. The summed E-state index contributed by atoms with van der Waals surface area (Å²) in [4.78, 5) is 16.2. The lowest BCUT2D eigenvalue weighted by molar-refractivity contribution is 0.155. The Labute approximate surface area is 157 Å². The molecule has 0 spiro atoms. The van der Waals surface area contributed by atoms with Gasteiger partial charge in [0.15, 0.2) is 0 Å². The van der Waals surface area contributed by atoms with Gasteiger partial charge in [-0.15, -0.1) is 0 Å². The van der Waals surface area contributed by atoms with Gasteiger partial charge < -0.3 is 4.74 Å². The third kappa shape index (κ3) is 5.33. The zero-order valence-electron chi connectivity index (χ0n) is 14.4. The van der Waals surface area contributed by atoms with E-state index in [-0.39, 0.29) is 6.61 Å². The van der Waals surface area contributed by atoms with Crippen molar-refractivity contribution in [3.05, 3.63) is 94.3 Å². The molecular weight excluding hydrogens is 348 g/mol. The number of ether oxygens (including phenoxy) is 1. The van der Waals surface area contributed by atoms with Crippen molar-refractivity contribution in [2.75, 3.05) is 5.32 Å². The molecule has 132 valence electrons. The molecule has 0 atom stereocenters. The summed E-state index contributed by atoms with van der Waals surface area (Å²) in [5.41, 5.74) is 4.88. The number of hydrogen-bond donors (Lipinski definition) is 1. The van der Waals surface area contributed by atoms with E-state index in [1.54, 1.807) is 12.1 Å². The Balaban J connectivity index is 1.50. The van der Waals surface area contributed by atoms with Gasteiger partial charge >= 0.3 is 6.09 Å². The van der Waals surface area contributed by atoms with Crippen LogP contribution in [0.4, 0.5) is 10.5 Å². The van der Waals surface area contributed by atoms with Gasteiger partial charge in [-0.1, -0.05) is 41.9 Å². The minimum atomic E-state index is -0.490. The molecular formula is C21H19ClN2O2. The van der Waals surface area contributed by atoms with Gasteiger partial charge in [0.05, 0.1) is 0 Å². The molecule has 0 aliphatic rings. The van der Waals surface area contributed by atoms with Crippen molar-refractivity contribution < 1.29 is 9.53 Å². The van der Waals surface area contributed by atoms with Crippen molar-refractivity contribution in [2.45, 2.75) is 20.0 Å². The molecule has 0 saturated carbocycles. The average Bonchev–Trinajstić information content (AvgIpc) is 2.65. The summed E-state index contributed by atoms with van der Waals surface area (Å²) in [7, 11) is 0. The van der Waals surface area contributed by atoms with Crippen molar-refractivity contribution in [2.24, 2.45) is 0 Å². The van der Waals surface area contributed by atoms with Crippen molar-refractivity contribution in [3.8, 4) is 0 Å². The standard InChI is InChI=1S/C21H19ClN2O2/c1-15-2-3-18(13-23-15)12-16-6-10-20(11-7-16)24-21(25)26-14-17-4-8-19(22)9-5-17/h2-11,13H,12,14H2,1H3,(H,24,25). The van der Waals surface area contributed by atoms with Crippen LogP contribution in [0.3, 0.4) is 0 Å². The molecule has 3 aromatic rings. The first-order valence-corrected chi connectivity index (χ1v) is 8.65. The smallest absolute Gasteiger partial charge is 0.411 e. The maximum Gasteiger partial charge on any atom is 0.411 e. The molecule has 0 unspecified atom stereocenters. The molecule has 3 rings (SSSR count). The highest BCUT2D eigenvalue weighted by atomic mass is 35.5. The van der Waals surface area contributed by atoms with E-state index in [9.17, 15) is 4.79 Å². The van der Waals surface area contributed by atoms with E-state index < -0.39 is 6.09 Å². The van der Waals surface area contributed by atoms with Crippen LogP contribution in [0.1, 0.15) is 22.4 Å². The van der Waals surface area contributed by atoms with Gasteiger partial charge in [0, 0.05) is 22.6 Å². The summed E-state index contributed by atoms with van der Waals surface area (Å²) < 4.78 is 5.21. The van der Waals surface area contributed by atoms with E-state index >= 15 is 0 Å². The first-order chi connectivity index (χ1) is 12.6. The first-order valence-electron chi connectivity index (χ1n) is 8.27. The normalized spacial score (nSPS) is 10.4. The summed E-state index contributed by atoms with van der Waals surface area (Å²) >= 11 is 5.83. The second-order valence-corrected chi connectivity index (χ2v) is 6.45. The minimum Gasteiger partial charge on any atom is -0.444 e. The average molecular weight is 367 g/mol. The van der Waals surface area contributed by atoms with Gasteiger partial charge in [-0.3, -0.25) is 10.3 Å². The summed E-state index contributed by atoms with van der Waals surface area (Å²) in [6.07, 6.45) is 2.19. The Morgan fingerprint density at radius 3 is 2.27 bits per heavy atom. The number of hydrogen-bond acceptors (Lipinski definition) is 3. The number of halogens is 1. The predicted octanol–water partition coefficient (Wildman–Crippen LogP) is 5.38. The fourth-order valence-corrected chi connectivity index (χ4v) is 2.55. The maximum absolute atomic E-state index is 11.9. The summed E-state index contributed by atoms with van der Waals surface area (Å²) in [5, 5.41) is 3.38. The number of carbonyl (C=O) groups excluding carboxylic acids is 1. The first kappa shape index (κ1) is 18.0. The number of anilines is 1. The number of nitrogens with zero attached hydrogens (tertiary/aromatic N) is 1. The Morgan fingerprint density at radius 1 is 0.962 bits per heavy atom. The monoisotopic (exact) mass is 366 g/mol. The summed E-state index contributed by atoms with van der Waals surface area (Å²) in [6, 6.07) is 18.9. The fraction of sp³-hybridized carbons (Fsp3) is 0.143. The molecule has 0 aliphatic heterocycles. The third-order valence-electron chi connectivity index (χ3n) is 3.86. The number of aromatic nitrogens is 1. The van der Waals surface area contributed by atoms with Crippen LogP contribution in [-0.4, -0.2) is 11.1 Å². The molecule has 5 heteroatoms. The van der Waals surface area contributed by atoms with E-state index in [4.69, 9.17) is 16.3 Å². The second kappa shape index (κ2) is 8.50. The lowest BCUT2D eigenvalue weighted by Gasteiger charge is -2.08. The summed E-state index contributed by atoms with van der Waals surface area (Å²) in [6.45, 7) is 2.16. The lowest BCUT2D eigenvalue weighted by atomic mass is 10.1. The highest BCUT2D eigenvalue weighted by Crippen LogP contribution is 2.15. The Bertz CT molecular complexity index is 860. The SMILES string of the molecule is Cc1ccc(Cc2ccc(NC(=O)OCc3ccc(Cl)cc3)cc2)cn1. The Kier molecular flexibility index (Phi) is 5.87. The maximum atomic E-state index is 11.9. The molecule has 0 aliphatic carbocycles. The molecule has 1 amide bonds. The number of aryl methyl sites for hydroxylation is 1. The largest absolute Gasteiger partial charge is 0.444 e. The van der Waals surface area contributed by atoms with E-state index in [1.807, 2.05) is 55.6 Å². The van der Waals surface area contributed by atoms with E-state index in [2.05, 4.69) is 16.4 Å². The zero-order valence-corrected chi connectivity index (χ0v) is 15.2. The van der Waals surface area contributed by atoms with Crippen LogP contribution in [0.5, 0.6) is 0 Å².